The van der Waals surface area contributed by atoms with Gasteiger partial charge in [0.25, 0.3) is 10.0 Å². The van der Waals surface area contributed by atoms with Crippen molar-refractivity contribution in [2.45, 2.75) is 38.9 Å². The van der Waals surface area contributed by atoms with Crippen LogP contribution in [-0.4, -0.2) is 34.5 Å². The quantitative estimate of drug-likeness (QED) is 0.622. The summed E-state index contributed by atoms with van der Waals surface area (Å²) in [5.41, 5.74) is 2.65. The fraction of sp³-hybridized carbons (Fsp3) is 0.400. The Bertz CT molecular complexity index is 780. The van der Waals surface area contributed by atoms with Crippen LogP contribution >= 0.6 is 0 Å². The Morgan fingerprint density at radius 1 is 0.846 bits per heavy atom. The van der Waals surface area contributed by atoms with E-state index in [0.29, 0.717) is 18.9 Å². The van der Waals surface area contributed by atoms with Gasteiger partial charge in [-0.2, -0.15) is 0 Å². The van der Waals surface area contributed by atoms with E-state index in [1.54, 1.807) is 36.4 Å². The fourth-order valence-corrected chi connectivity index (χ4v) is 4.00. The van der Waals surface area contributed by atoms with E-state index in [2.05, 4.69) is 0 Å². The van der Waals surface area contributed by atoms with Gasteiger partial charge >= 0.3 is 0 Å². The van der Waals surface area contributed by atoms with Crippen LogP contribution in [-0.2, 0) is 19.5 Å². The molecule has 0 aliphatic heterocycles. The molecule has 0 unspecified atom stereocenters. The average Bonchev–Trinajstić information content (AvgIpc) is 2.61. The molecule has 0 aromatic heterocycles. The Balaban J connectivity index is 2.44. The molecule has 26 heavy (non-hydrogen) atoms. The zero-order valence-electron chi connectivity index (χ0n) is 15.8. The maximum atomic E-state index is 13.3. The van der Waals surface area contributed by atoms with Gasteiger partial charge in [-0.3, -0.25) is 4.31 Å². The third-order valence-electron chi connectivity index (χ3n) is 3.95. The first-order valence-corrected chi connectivity index (χ1v) is 10.2. The van der Waals surface area contributed by atoms with Gasteiger partial charge in [-0.25, -0.2) is 8.42 Å². The van der Waals surface area contributed by atoms with E-state index in [-0.39, 0.29) is 11.4 Å². The molecule has 0 aliphatic rings. The standard InChI is InChI=1S/C20H27NO4S/c1-5-24-20(25-6-2)15-21(18-11-7-16(3)8-12-18)26(22,23)19-13-9-17(4)10-14-19/h7-14,20H,5-6,15H2,1-4H3. The predicted octanol–water partition coefficient (Wildman–Crippen LogP) is 3.90. The van der Waals surface area contributed by atoms with Crippen LogP contribution in [0.4, 0.5) is 5.69 Å². The molecule has 0 fully saturated rings. The molecule has 0 saturated carbocycles. The summed E-state index contributed by atoms with van der Waals surface area (Å²) in [7, 11) is -3.74. The second kappa shape index (κ2) is 9.16. The molecule has 0 saturated heterocycles. The first-order valence-electron chi connectivity index (χ1n) is 8.77. The Morgan fingerprint density at radius 3 is 1.77 bits per heavy atom. The van der Waals surface area contributed by atoms with Crippen molar-refractivity contribution in [2.24, 2.45) is 0 Å². The molecule has 0 atom stereocenters. The molecule has 6 heteroatoms. The Hall–Kier alpha value is -1.89. The van der Waals surface area contributed by atoms with Crippen LogP contribution < -0.4 is 4.31 Å². The van der Waals surface area contributed by atoms with E-state index < -0.39 is 16.3 Å². The number of nitrogens with zero attached hydrogens (tertiary/aromatic N) is 1. The summed E-state index contributed by atoms with van der Waals surface area (Å²) in [6.45, 7) is 8.57. The van der Waals surface area contributed by atoms with Crippen LogP contribution in [0.1, 0.15) is 25.0 Å². The number of aryl methyl sites for hydroxylation is 2. The van der Waals surface area contributed by atoms with Gasteiger partial charge in [0.05, 0.1) is 17.1 Å². The van der Waals surface area contributed by atoms with Gasteiger partial charge in [0, 0.05) is 13.2 Å². The van der Waals surface area contributed by atoms with Gasteiger partial charge in [-0.1, -0.05) is 35.4 Å². The number of benzene rings is 2. The minimum atomic E-state index is -3.74. The minimum absolute atomic E-state index is 0.0843. The predicted molar refractivity (Wildman–Crippen MR) is 104 cm³/mol. The number of ether oxygens (including phenoxy) is 2. The van der Waals surface area contributed by atoms with Crippen molar-refractivity contribution in [2.75, 3.05) is 24.1 Å². The van der Waals surface area contributed by atoms with Crippen LogP contribution in [0.15, 0.2) is 53.4 Å². The first-order chi connectivity index (χ1) is 12.4. The molecule has 2 rings (SSSR count). The Kier molecular flexibility index (Phi) is 7.20. The van der Waals surface area contributed by atoms with Crippen LogP contribution in [0.5, 0.6) is 0 Å². The van der Waals surface area contributed by atoms with Crippen molar-refractivity contribution < 1.29 is 17.9 Å². The van der Waals surface area contributed by atoms with Crippen molar-refractivity contribution in [3.8, 4) is 0 Å². The SMILES string of the molecule is CCOC(CN(c1ccc(C)cc1)S(=O)(=O)c1ccc(C)cc1)OCC. The number of anilines is 1. The zero-order chi connectivity index (χ0) is 19.2. The van der Waals surface area contributed by atoms with E-state index >= 15 is 0 Å². The van der Waals surface area contributed by atoms with Crippen LogP contribution in [0.2, 0.25) is 0 Å². The molecule has 0 spiro atoms. The average molecular weight is 378 g/mol. The molecule has 142 valence electrons. The lowest BCUT2D eigenvalue weighted by Gasteiger charge is -2.28. The van der Waals surface area contributed by atoms with E-state index in [1.807, 2.05) is 39.8 Å². The highest BCUT2D eigenvalue weighted by Gasteiger charge is 2.28. The van der Waals surface area contributed by atoms with Gasteiger partial charge in [-0.05, 0) is 52.0 Å². The molecule has 2 aromatic carbocycles. The highest BCUT2D eigenvalue weighted by atomic mass is 32.2. The van der Waals surface area contributed by atoms with Crippen molar-refractivity contribution in [3.63, 3.8) is 0 Å². The molecular weight excluding hydrogens is 350 g/mol. The summed E-state index contributed by atoms with van der Waals surface area (Å²) in [5.74, 6) is 0. The largest absolute Gasteiger partial charge is 0.351 e. The lowest BCUT2D eigenvalue weighted by molar-refractivity contribution is -0.128. The summed E-state index contributed by atoms with van der Waals surface area (Å²) in [6.07, 6.45) is -0.633. The Morgan fingerprint density at radius 2 is 1.31 bits per heavy atom. The molecule has 0 heterocycles. The molecule has 0 aliphatic carbocycles. The minimum Gasteiger partial charge on any atom is -0.351 e. The van der Waals surface area contributed by atoms with Gasteiger partial charge in [-0.15, -0.1) is 0 Å². The van der Waals surface area contributed by atoms with E-state index in [1.165, 1.54) is 4.31 Å². The van der Waals surface area contributed by atoms with Crippen molar-refractivity contribution in [3.05, 3.63) is 59.7 Å². The lowest BCUT2D eigenvalue weighted by Crippen LogP contribution is -2.40. The highest BCUT2D eigenvalue weighted by molar-refractivity contribution is 7.92. The van der Waals surface area contributed by atoms with Crippen LogP contribution in [0.3, 0.4) is 0 Å². The molecule has 0 N–H and O–H groups in total. The number of hydrogen-bond donors (Lipinski definition) is 0. The molecule has 0 bridgehead atoms. The molecular formula is C20H27NO4S. The summed E-state index contributed by atoms with van der Waals surface area (Å²) in [5, 5.41) is 0. The number of sulfonamides is 1. The van der Waals surface area contributed by atoms with E-state index in [0.717, 1.165) is 11.1 Å². The number of hydrogen-bond acceptors (Lipinski definition) is 4. The normalized spacial score (nSPS) is 11.7. The summed E-state index contributed by atoms with van der Waals surface area (Å²) in [4.78, 5) is 0.246. The molecule has 2 aromatic rings. The van der Waals surface area contributed by atoms with Gasteiger partial charge in [0.15, 0.2) is 6.29 Å². The third-order valence-corrected chi connectivity index (χ3v) is 5.76. The fourth-order valence-electron chi connectivity index (χ4n) is 2.55. The van der Waals surface area contributed by atoms with E-state index in [9.17, 15) is 8.42 Å². The monoisotopic (exact) mass is 377 g/mol. The molecule has 0 amide bonds. The van der Waals surface area contributed by atoms with Gasteiger partial charge in [0.1, 0.15) is 0 Å². The van der Waals surface area contributed by atoms with Crippen molar-refractivity contribution >= 4 is 15.7 Å². The highest BCUT2D eigenvalue weighted by Crippen LogP contribution is 2.25. The van der Waals surface area contributed by atoms with E-state index in [4.69, 9.17) is 9.47 Å². The number of rotatable bonds is 9. The molecule has 0 radical (unpaired) electrons. The zero-order valence-corrected chi connectivity index (χ0v) is 16.6. The van der Waals surface area contributed by atoms with Crippen molar-refractivity contribution in [1.82, 2.24) is 0 Å². The van der Waals surface area contributed by atoms with Crippen molar-refractivity contribution in [1.29, 1.82) is 0 Å². The summed E-state index contributed by atoms with van der Waals surface area (Å²) < 4.78 is 39.1. The van der Waals surface area contributed by atoms with Crippen LogP contribution in [0, 0.1) is 13.8 Å². The Labute approximate surface area is 156 Å². The summed E-state index contributed by atoms with van der Waals surface area (Å²) in [6, 6.07) is 14.2. The second-order valence-electron chi connectivity index (χ2n) is 6.02. The second-order valence-corrected chi connectivity index (χ2v) is 7.89. The maximum Gasteiger partial charge on any atom is 0.264 e. The van der Waals surface area contributed by atoms with Crippen LogP contribution in [0.25, 0.3) is 0 Å². The molecule has 5 nitrogen and oxygen atoms in total. The van der Waals surface area contributed by atoms with Gasteiger partial charge in [0.2, 0.25) is 0 Å². The lowest BCUT2D eigenvalue weighted by atomic mass is 10.2. The first kappa shape index (κ1) is 20.4. The maximum absolute atomic E-state index is 13.3. The third kappa shape index (κ3) is 5.06. The summed E-state index contributed by atoms with van der Waals surface area (Å²) >= 11 is 0. The topological polar surface area (TPSA) is 55.8 Å². The smallest absolute Gasteiger partial charge is 0.264 e. The van der Waals surface area contributed by atoms with Gasteiger partial charge < -0.3 is 9.47 Å².